The molecule has 1 aliphatic rings. The van der Waals surface area contributed by atoms with Crippen LogP contribution in [0.25, 0.3) is 0 Å². The number of nitrogens with one attached hydrogen (secondary N) is 1. The number of aromatic nitrogens is 1. The molecule has 18 heavy (non-hydrogen) atoms. The van der Waals surface area contributed by atoms with Crippen molar-refractivity contribution in [2.45, 2.75) is 44.2 Å². The molecule has 1 heterocycles. The quantitative estimate of drug-likeness (QED) is 0.878. The maximum absolute atomic E-state index is 12.8. The second kappa shape index (κ2) is 4.66. The lowest BCUT2D eigenvalue weighted by molar-refractivity contribution is -0.163. The number of alkyl halides is 3. The number of aryl methyl sites for hydroxylation is 2. The summed E-state index contributed by atoms with van der Waals surface area (Å²) in [6.45, 7) is 0. The molecular formula is C12H14F3NO2. The molecule has 0 amide bonds. The summed E-state index contributed by atoms with van der Waals surface area (Å²) in [4.78, 5) is 13.3. The first-order chi connectivity index (χ1) is 8.38. The molecule has 0 radical (unpaired) electrons. The van der Waals surface area contributed by atoms with Gasteiger partial charge in [0.25, 0.3) is 0 Å². The summed E-state index contributed by atoms with van der Waals surface area (Å²) < 4.78 is 38.5. The van der Waals surface area contributed by atoms with Gasteiger partial charge < -0.3 is 10.1 Å². The summed E-state index contributed by atoms with van der Waals surface area (Å²) in [6, 6.07) is 1.48. The van der Waals surface area contributed by atoms with Gasteiger partial charge in [-0.2, -0.15) is 13.2 Å². The summed E-state index contributed by atoms with van der Waals surface area (Å²) in [5, 5.41) is 8.60. The molecule has 0 aliphatic heterocycles. The van der Waals surface area contributed by atoms with Crippen LogP contribution in [0.1, 0.15) is 42.1 Å². The number of fused-ring (bicyclic) bond motifs is 1. The van der Waals surface area contributed by atoms with Gasteiger partial charge in [0.2, 0.25) is 0 Å². The molecule has 1 aromatic heterocycles. The van der Waals surface area contributed by atoms with E-state index < -0.39 is 24.5 Å². The summed E-state index contributed by atoms with van der Waals surface area (Å²) in [6.07, 6.45) is -2.02. The standard InChI is InChI=1S/C12H14F3NO2/c13-12(14,15)8(6-11(17)18)10-5-7-3-1-2-4-9(7)16-10/h5,8,16H,1-4,6H2,(H,17,18). The summed E-state index contributed by atoms with van der Waals surface area (Å²) in [5.74, 6) is -3.38. The van der Waals surface area contributed by atoms with Crippen LogP contribution in [-0.4, -0.2) is 22.2 Å². The highest BCUT2D eigenvalue weighted by Gasteiger charge is 2.43. The lowest BCUT2D eigenvalue weighted by atomic mass is 9.96. The zero-order valence-corrected chi connectivity index (χ0v) is 9.68. The second-order valence-electron chi connectivity index (χ2n) is 4.63. The van der Waals surface area contributed by atoms with E-state index in [1.54, 1.807) is 0 Å². The van der Waals surface area contributed by atoms with E-state index in [4.69, 9.17) is 5.11 Å². The van der Waals surface area contributed by atoms with E-state index in [1.807, 2.05) is 0 Å². The van der Waals surface area contributed by atoms with Gasteiger partial charge in [-0.05, 0) is 37.3 Å². The Morgan fingerprint density at radius 1 is 1.39 bits per heavy atom. The lowest BCUT2D eigenvalue weighted by Gasteiger charge is -2.17. The molecule has 3 nitrogen and oxygen atoms in total. The van der Waals surface area contributed by atoms with Crippen LogP contribution in [-0.2, 0) is 17.6 Å². The molecule has 1 aliphatic carbocycles. The first-order valence-corrected chi connectivity index (χ1v) is 5.87. The number of aromatic amines is 1. The Balaban J connectivity index is 2.30. The number of halogens is 3. The minimum atomic E-state index is -4.54. The fraction of sp³-hybridized carbons (Fsp3) is 0.583. The normalized spacial score (nSPS) is 17.3. The third-order valence-corrected chi connectivity index (χ3v) is 3.28. The molecule has 0 spiro atoms. The van der Waals surface area contributed by atoms with Crippen molar-refractivity contribution in [1.82, 2.24) is 4.98 Å². The summed E-state index contributed by atoms with van der Waals surface area (Å²) in [7, 11) is 0. The Morgan fingerprint density at radius 2 is 2.06 bits per heavy atom. The van der Waals surface area contributed by atoms with Gasteiger partial charge in [0, 0.05) is 11.4 Å². The van der Waals surface area contributed by atoms with Crippen LogP contribution in [0.2, 0.25) is 0 Å². The van der Waals surface area contributed by atoms with Crippen molar-refractivity contribution in [1.29, 1.82) is 0 Å². The van der Waals surface area contributed by atoms with Crippen LogP contribution >= 0.6 is 0 Å². The van der Waals surface area contributed by atoms with Crippen LogP contribution < -0.4 is 0 Å². The molecule has 0 saturated carbocycles. The van der Waals surface area contributed by atoms with E-state index in [2.05, 4.69) is 4.98 Å². The number of rotatable bonds is 3. The number of carboxylic acid groups (broad SMARTS) is 1. The van der Waals surface area contributed by atoms with Gasteiger partial charge in [0.15, 0.2) is 0 Å². The Labute approximate surface area is 102 Å². The van der Waals surface area contributed by atoms with Gasteiger partial charge in [-0.15, -0.1) is 0 Å². The van der Waals surface area contributed by atoms with Crippen molar-refractivity contribution in [2.75, 3.05) is 0 Å². The highest BCUT2D eigenvalue weighted by molar-refractivity contribution is 5.68. The Bertz CT molecular complexity index is 427. The van der Waals surface area contributed by atoms with E-state index in [1.165, 1.54) is 6.07 Å². The SMILES string of the molecule is O=C(O)CC(c1cc2c([nH]1)CCCC2)C(F)(F)F. The molecule has 0 bridgehead atoms. The number of carboxylic acids is 1. The van der Waals surface area contributed by atoms with Crippen molar-refractivity contribution in [3.8, 4) is 0 Å². The maximum Gasteiger partial charge on any atom is 0.397 e. The van der Waals surface area contributed by atoms with Crippen molar-refractivity contribution >= 4 is 5.97 Å². The summed E-state index contributed by atoms with van der Waals surface area (Å²) in [5.41, 5.74) is 1.71. The number of hydrogen-bond acceptors (Lipinski definition) is 1. The first-order valence-electron chi connectivity index (χ1n) is 5.87. The van der Waals surface area contributed by atoms with Crippen molar-refractivity contribution in [3.05, 3.63) is 23.0 Å². The zero-order chi connectivity index (χ0) is 13.3. The average Bonchev–Trinajstić information content (AvgIpc) is 2.67. The van der Waals surface area contributed by atoms with Crippen LogP contribution in [0, 0.1) is 0 Å². The van der Waals surface area contributed by atoms with Crippen LogP contribution in [0.5, 0.6) is 0 Å². The second-order valence-corrected chi connectivity index (χ2v) is 4.63. The van der Waals surface area contributed by atoms with Gasteiger partial charge in [-0.3, -0.25) is 4.79 Å². The Hall–Kier alpha value is -1.46. The molecule has 0 aromatic carbocycles. The van der Waals surface area contributed by atoms with E-state index in [-0.39, 0.29) is 5.69 Å². The third kappa shape index (κ3) is 2.68. The van der Waals surface area contributed by atoms with Crippen LogP contribution in [0.4, 0.5) is 13.2 Å². The van der Waals surface area contributed by atoms with Crippen LogP contribution in [0.3, 0.4) is 0 Å². The minimum absolute atomic E-state index is 0.0169. The number of H-pyrrole nitrogens is 1. The van der Waals surface area contributed by atoms with Gasteiger partial charge in [-0.1, -0.05) is 0 Å². The van der Waals surface area contributed by atoms with Gasteiger partial charge in [0.1, 0.15) is 5.92 Å². The molecule has 6 heteroatoms. The average molecular weight is 261 g/mol. The van der Waals surface area contributed by atoms with E-state index in [0.717, 1.165) is 36.9 Å². The maximum atomic E-state index is 12.8. The summed E-state index contributed by atoms with van der Waals surface area (Å²) >= 11 is 0. The number of carbonyl (C=O) groups is 1. The third-order valence-electron chi connectivity index (χ3n) is 3.28. The fourth-order valence-corrected chi connectivity index (χ4v) is 2.39. The Morgan fingerprint density at radius 3 is 2.61 bits per heavy atom. The molecule has 1 aromatic rings. The largest absolute Gasteiger partial charge is 0.481 e. The van der Waals surface area contributed by atoms with Gasteiger partial charge in [-0.25, -0.2) is 0 Å². The topological polar surface area (TPSA) is 53.1 Å². The van der Waals surface area contributed by atoms with Crippen molar-refractivity contribution in [3.63, 3.8) is 0 Å². The highest BCUT2D eigenvalue weighted by Crippen LogP contribution is 2.38. The van der Waals surface area contributed by atoms with Crippen LogP contribution in [0.15, 0.2) is 6.07 Å². The lowest BCUT2D eigenvalue weighted by Crippen LogP contribution is -2.24. The van der Waals surface area contributed by atoms with Gasteiger partial charge >= 0.3 is 12.1 Å². The van der Waals surface area contributed by atoms with E-state index in [9.17, 15) is 18.0 Å². The fourth-order valence-electron chi connectivity index (χ4n) is 2.39. The number of aliphatic carboxylic acids is 1. The first kappa shape index (κ1) is 13.0. The molecule has 2 rings (SSSR count). The predicted octanol–water partition coefficient (Wildman–Crippen LogP) is 3.01. The highest BCUT2D eigenvalue weighted by atomic mass is 19.4. The molecule has 2 N–H and O–H groups in total. The van der Waals surface area contributed by atoms with Crippen molar-refractivity contribution in [2.24, 2.45) is 0 Å². The molecule has 1 unspecified atom stereocenters. The molecule has 0 saturated heterocycles. The minimum Gasteiger partial charge on any atom is -0.481 e. The molecule has 100 valence electrons. The zero-order valence-electron chi connectivity index (χ0n) is 9.68. The monoisotopic (exact) mass is 261 g/mol. The van der Waals surface area contributed by atoms with E-state index in [0.29, 0.717) is 0 Å². The number of hydrogen-bond donors (Lipinski definition) is 2. The Kier molecular flexibility index (Phi) is 3.36. The predicted molar refractivity (Wildman–Crippen MR) is 58.5 cm³/mol. The van der Waals surface area contributed by atoms with E-state index >= 15 is 0 Å². The van der Waals surface area contributed by atoms with Gasteiger partial charge in [0.05, 0.1) is 6.42 Å². The molecule has 0 fully saturated rings. The molecular weight excluding hydrogens is 247 g/mol. The molecule has 1 atom stereocenters. The smallest absolute Gasteiger partial charge is 0.397 e. The van der Waals surface area contributed by atoms with Crippen molar-refractivity contribution < 1.29 is 23.1 Å².